The molecule has 0 aromatic carbocycles. The first-order valence-electron chi connectivity index (χ1n) is 4.09. The third-order valence-corrected chi connectivity index (χ3v) is 2.51. The van der Waals surface area contributed by atoms with Gasteiger partial charge in [-0.2, -0.15) is 0 Å². The molecule has 0 heterocycles. The maximum absolute atomic E-state index is 9.24. The molecule has 2 unspecified atom stereocenters. The van der Waals surface area contributed by atoms with E-state index in [2.05, 4.69) is 6.92 Å². The molecule has 0 aromatic heterocycles. The summed E-state index contributed by atoms with van der Waals surface area (Å²) in [6.07, 6.45) is 2.88. The van der Waals surface area contributed by atoms with Gasteiger partial charge < -0.3 is 10.2 Å². The Morgan fingerprint density at radius 3 is 2.10 bits per heavy atom. The highest BCUT2D eigenvalue weighted by Crippen LogP contribution is 2.52. The van der Waals surface area contributed by atoms with E-state index in [0.717, 1.165) is 19.3 Å². The summed E-state index contributed by atoms with van der Waals surface area (Å²) < 4.78 is 0. The van der Waals surface area contributed by atoms with Gasteiger partial charge in [0.2, 0.25) is 0 Å². The Hall–Kier alpha value is -0.0800. The van der Waals surface area contributed by atoms with Gasteiger partial charge in [-0.15, -0.1) is 0 Å². The van der Waals surface area contributed by atoms with Gasteiger partial charge >= 0.3 is 0 Å². The molecule has 0 aromatic rings. The van der Waals surface area contributed by atoms with Crippen LogP contribution >= 0.6 is 0 Å². The van der Waals surface area contributed by atoms with Crippen LogP contribution in [0.5, 0.6) is 0 Å². The summed E-state index contributed by atoms with van der Waals surface area (Å²) in [4.78, 5) is 0. The first-order valence-corrected chi connectivity index (χ1v) is 4.09. The topological polar surface area (TPSA) is 40.5 Å². The SMILES string of the molecule is CCCC1C(CC)C1(O)O. The quantitative estimate of drug-likeness (QED) is 0.583. The van der Waals surface area contributed by atoms with Gasteiger partial charge in [-0.1, -0.05) is 20.3 Å². The molecule has 2 N–H and O–H groups in total. The van der Waals surface area contributed by atoms with Gasteiger partial charge in [0.1, 0.15) is 0 Å². The van der Waals surface area contributed by atoms with Crippen LogP contribution in [0.15, 0.2) is 0 Å². The zero-order valence-electron chi connectivity index (χ0n) is 6.67. The van der Waals surface area contributed by atoms with Crippen LogP contribution in [0.2, 0.25) is 0 Å². The minimum Gasteiger partial charge on any atom is -0.365 e. The lowest BCUT2D eigenvalue weighted by Crippen LogP contribution is -2.10. The van der Waals surface area contributed by atoms with Gasteiger partial charge in [-0.25, -0.2) is 0 Å². The lowest BCUT2D eigenvalue weighted by Gasteiger charge is -1.97. The van der Waals surface area contributed by atoms with Crippen LogP contribution in [0.25, 0.3) is 0 Å². The zero-order chi connectivity index (χ0) is 7.78. The average molecular weight is 144 g/mol. The molecule has 2 nitrogen and oxygen atoms in total. The van der Waals surface area contributed by atoms with Gasteiger partial charge in [0.15, 0.2) is 5.79 Å². The molecule has 0 spiro atoms. The molecule has 0 bridgehead atoms. The van der Waals surface area contributed by atoms with Crippen molar-refractivity contribution >= 4 is 0 Å². The number of hydrogen-bond donors (Lipinski definition) is 2. The maximum Gasteiger partial charge on any atom is 0.169 e. The third-order valence-electron chi connectivity index (χ3n) is 2.51. The van der Waals surface area contributed by atoms with Crippen molar-refractivity contribution < 1.29 is 10.2 Å². The van der Waals surface area contributed by atoms with E-state index in [1.807, 2.05) is 6.92 Å². The molecule has 1 saturated carbocycles. The third kappa shape index (κ3) is 1.06. The van der Waals surface area contributed by atoms with Crippen molar-refractivity contribution in [3.63, 3.8) is 0 Å². The summed E-state index contributed by atoms with van der Waals surface area (Å²) in [7, 11) is 0. The van der Waals surface area contributed by atoms with Crippen LogP contribution in [0, 0.1) is 11.8 Å². The van der Waals surface area contributed by atoms with E-state index in [1.54, 1.807) is 0 Å². The average Bonchev–Trinajstić information content (AvgIpc) is 2.36. The van der Waals surface area contributed by atoms with E-state index in [0.29, 0.717) is 0 Å². The smallest absolute Gasteiger partial charge is 0.169 e. The molecule has 60 valence electrons. The second-order valence-electron chi connectivity index (χ2n) is 3.19. The van der Waals surface area contributed by atoms with Gasteiger partial charge in [-0.05, 0) is 12.8 Å². The fraction of sp³-hybridized carbons (Fsp3) is 1.00. The highest BCUT2D eigenvalue weighted by Gasteiger charge is 2.61. The lowest BCUT2D eigenvalue weighted by atomic mass is 10.2. The van der Waals surface area contributed by atoms with E-state index in [1.165, 1.54) is 0 Å². The fourth-order valence-electron chi connectivity index (χ4n) is 1.81. The van der Waals surface area contributed by atoms with Gasteiger partial charge in [0.05, 0.1) is 0 Å². The Balaban J connectivity index is 2.37. The normalized spacial score (nSPS) is 36.0. The monoisotopic (exact) mass is 144 g/mol. The fourth-order valence-corrected chi connectivity index (χ4v) is 1.81. The molecule has 1 rings (SSSR count). The van der Waals surface area contributed by atoms with Crippen LogP contribution in [0.3, 0.4) is 0 Å². The molecule has 2 atom stereocenters. The Morgan fingerprint density at radius 1 is 1.20 bits per heavy atom. The van der Waals surface area contributed by atoms with Gasteiger partial charge in [0, 0.05) is 11.8 Å². The number of rotatable bonds is 3. The summed E-state index contributed by atoms with van der Waals surface area (Å²) in [6.45, 7) is 4.07. The van der Waals surface area contributed by atoms with Gasteiger partial charge in [0.25, 0.3) is 0 Å². The van der Waals surface area contributed by atoms with E-state index in [4.69, 9.17) is 0 Å². The largest absolute Gasteiger partial charge is 0.365 e. The van der Waals surface area contributed by atoms with E-state index >= 15 is 0 Å². The highest BCUT2D eigenvalue weighted by atomic mass is 16.5. The molecule has 1 fully saturated rings. The van der Waals surface area contributed by atoms with Crippen molar-refractivity contribution in [2.45, 2.75) is 38.9 Å². The van der Waals surface area contributed by atoms with Crippen LogP contribution < -0.4 is 0 Å². The molecular formula is C8H16O2. The summed E-state index contributed by atoms with van der Waals surface area (Å²) in [5.41, 5.74) is 0. The van der Waals surface area contributed by atoms with E-state index in [-0.39, 0.29) is 11.8 Å². The van der Waals surface area contributed by atoms with Crippen LogP contribution in [-0.2, 0) is 0 Å². The van der Waals surface area contributed by atoms with Crippen LogP contribution in [-0.4, -0.2) is 16.0 Å². The number of hydrogen-bond acceptors (Lipinski definition) is 2. The summed E-state index contributed by atoms with van der Waals surface area (Å²) >= 11 is 0. The van der Waals surface area contributed by atoms with Crippen molar-refractivity contribution in [3.8, 4) is 0 Å². The molecule has 2 heteroatoms. The van der Waals surface area contributed by atoms with Crippen molar-refractivity contribution in [1.29, 1.82) is 0 Å². The molecular weight excluding hydrogens is 128 g/mol. The zero-order valence-corrected chi connectivity index (χ0v) is 6.67. The molecule has 1 aliphatic rings. The second kappa shape index (κ2) is 2.51. The van der Waals surface area contributed by atoms with Crippen molar-refractivity contribution in [2.75, 3.05) is 0 Å². The van der Waals surface area contributed by atoms with Crippen molar-refractivity contribution in [1.82, 2.24) is 0 Å². The molecule has 0 aliphatic heterocycles. The van der Waals surface area contributed by atoms with Crippen LogP contribution in [0.1, 0.15) is 33.1 Å². The standard InChI is InChI=1S/C8H16O2/c1-3-5-7-6(4-2)8(7,9)10/h6-7,9-10H,3-5H2,1-2H3. The number of aliphatic hydroxyl groups is 2. The van der Waals surface area contributed by atoms with Crippen molar-refractivity contribution in [2.24, 2.45) is 11.8 Å². The predicted molar refractivity (Wildman–Crippen MR) is 39.3 cm³/mol. The Labute approximate surface area is 61.9 Å². The molecule has 10 heavy (non-hydrogen) atoms. The minimum atomic E-state index is -1.31. The highest BCUT2D eigenvalue weighted by molar-refractivity contribution is 5.02. The van der Waals surface area contributed by atoms with E-state index in [9.17, 15) is 10.2 Å². The first kappa shape index (κ1) is 8.02. The predicted octanol–water partition coefficient (Wildman–Crippen LogP) is 1.12. The molecule has 1 aliphatic carbocycles. The molecule has 0 amide bonds. The van der Waals surface area contributed by atoms with Crippen molar-refractivity contribution in [3.05, 3.63) is 0 Å². The summed E-state index contributed by atoms with van der Waals surface area (Å²) in [6, 6.07) is 0. The van der Waals surface area contributed by atoms with E-state index < -0.39 is 5.79 Å². The Bertz CT molecular complexity index is 120. The summed E-state index contributed by atoms with van der Waals surface area (Å²) in [5.74, 6) is -1.01. The second-order valence-corrected chi connectivity index (χ2v) is 3.19. The summed E-state index contributed by atoms with van der Waals surface area (Å²) in [5, 5.41) is 18.5. The Morgan fingerprint density at radius 2 is 1.80 bits per heavy atom. The maximum atomic E-state index is 9.24. The molecule has 0 radical (unpaired) electrons. The molecule has 0 saturated heterocycles. The Kier molecular flexibility index (Phi) is 2.02. The first-order chi connectivity index (χ1) is 4.64. The lowest BCUT2D eigenvalue weighted by molar-refractivity contribution is -0.0944. The van der Waals surface area contributed by atoms with Crippen LogP contribution in [0.4, 0.5) is 0 Å². The van der Waals surface area contributed by atoms with Gasteiger partial charge in [-0.3, -0.25) is 0 Å². The minimum absolute atomic E-state index is 0.146.